The van der Waals surface area contributed by atoms with Gasteiger partial charge in [0.15, 0.2) is 0 Å². The van der Waals surface area contributed by atoms with E-state index in [-0.39, 0.29) is 17.9 Å². The van der Waals surface area contributed by atoms with Crippen LogP contribution in [0.25, 0.3) is 0 Å². The van der Waals surface area contributed by atoms with E-state index in [9.17, 15) is 9.59 Å². The van der Waals surface area contributed by atoms with E-state index < -0.39 is 5.41 Å². The standard InChI is InChI=1S/C22H22N6O2/c29-19(8-4-11-27-15-24-14-25-27)28-12-9-22(20(28)16-5-3-10-23-13-16)17-6-1-2-7-18(17)26-21(22)30/h1-3,5-7,10,13-15,20H,4,8-9,11-12H2,(H,26,30). The molecule has 5 rings (SSSR count). The number of aromatic nitrogens is 4. The first-order chi connectivity index (χ1) is 14.7. The van der Waals surface area contributed by atoms with Crippen molar-refractivity contribution in [2.45, 2.75) is 37.3 Å². The number of fused-ring (bicyclic) bond motifs is 2. The summed E-state index contributed by atoms with van der Waals surface area (Å²) in [4.78, 5) is 36.6. The van der Waals surface area contributed by atoms with Gasteiger partial charge in [-0.25, -0.2) is 4.98 Å². The molecule has 2 atom stereocenters. The van der Waals surface area contributed by atoms with Crippen molar-refractivity contribution < 1.29 is 9.59 Å². The first-order valence-electron chi connectivity index (χ1n) is 10.1. The van der Waals surface area contributed by atoms with Gasteiger partial charge in [-0.15, -0.1) is 0 Å². The van der Waals surface area contributed by atoms with Gasteiger partial charge < -0.3 is 10.2 Å². The quantitative estimate of drug-likeness (QED) is 0.707. The number of likely N-dealkylation sites (tertiary alicyclic amines) is 1. The average molecular weight is 402 g/mol. The fraction of sp³-hybridized carbons (Fsp3) is 0.318. The largest absolute Gasteiger partial charge is 0.334 e. The number of nitrogens with zero attached hydrogens (tertiary/aromatic N) is 5. The van der Waals surface area contributed by atoms with Crippen molar-refractivity contribution >= 4 is 17.5 Å². The zero-order chi connectivity index (χ0) is 20.6. The maximum atomic E-state index is 13.3. The Morgan fingerprint density at radius 3 is 2.90 bits per heavy atom. The van der Waals surface area contributed by atoms with Crippen LogP contribution < -0.4 is 5.32 Å². The molecule has 2 amide bonds. The Morgan fingerprint density at radius 2 is 2.10 bits per heavy atom. The first-order valence-corrected chi connectivity index (χ1v) is 10.1. The topological polar surface area (TPSA) is 93.0 Å². The lowest BCUT2D eigenvalue weighted by Gasteiger charge is -2.34. The van der Waals surface area contributed by atoms with Crippen molar-refractivity contribution in [3.63, 3.8) is 0 Å². The van der Waals surface area contributed by atoms with Crippen LogP contribution in [0.2, 0.25) is 0 Å². The molecule has 2 aliphatic rings. The number of para-hydroxylation sites is 1. The number of amides is 2. The van der Waals surface area contributed by atoms with Gasteiger partial charge in [0.25, 0.3) is 0 Å². The molecule has 2 unspecified atom stereocenters. The molecule has 2 aliphatic heterocycles. The molecule has 1 N–H and O–H groups in total. The van der Waals surface area contributed by atoms with Gasteiger partial charge in [0.1, 0.15) is 18.1 Å². The third-order valence-corrected chi connectivity index (χ3v) is 6.15. The second-order valence-electron chi connectivity index (χ2n) is 7.76. The van der Waals surface area contributed by atoms with E-state index in [0.29, 0.717) is 32.4 Å². The number of carbonyl (C=O) groups is 2. The Balaban J connectivity index is 1.47. The summed E-state index contributed by atoms with van der Waals surface area (Å²) in [6, 6.07) is 11.2. The summed E-state index contributed by atoms with van der Waals surface area (Å²) >= 11 is 0. The van der Waals surface area contributed by atoms with E-state index in [1.165, 1.54) is 6.33 Å². The van der Waals surface area contributed by atoms with Gasteiger partial charge in [0.2, 0.25) is 11.8 Å². The van der Waals surface area contributed by atoms with Crippen LogP contribution in [0.4, 0.5) is 5.69 Å². The second-order valence-corrected chi connectivity index (χ2v) is 7.76. The minimum Gasteiger partial charge on any atom is -0.334 e. The summed E-state index contributed by atoms with van der Waals surface area (Å²) in [7, 11) is 0. The Labute approximate surface area is 173 Å². The molecule has 30 heavy (non-hydrogen) atoms. The van der Waals surface area contributed by atoms with E-state index in [0.717, 1.165) is 16.8 Å². The summed E-state index contributed by atoms with van der Waals surface area (Å²) in [5.74, 6) is -0.00602. The Hall–Kier alpha value is -3.55. The van der Waals surface area contributed by atoms with Gasteiger partial charge in [-0.1, -0.05) is 24.3 Å². The number of hydrogen-bond donors (Lipinski definition) is 1. The van der Waals surface area contributed by atoms with Gasteiger partial charge in [0.05, 0.1) is 6.04 Å². The predicted molar refractivity (Wildman–Crippen MR) is 109 cm³/mol. The van der Waals surface area contributed by atoms with E-state index in [2.05, 4.69) is 20.4 Å². The molecule has 4 heterocycles. The van der Waals surface area contributed by atoms with Crippen LogP contribution in [-0.4, -0.2) is 43.0 Å². The van der Waals surface area contributed by atoms with Gasteiger partial charge in [0, 0.05) is 37.6 Å². The zero-order valence-electron chi connectivity index (χ0n) is 16.4. The Kier molecular flexibility index (Phi) is 4.54. The monoisotopic (exact) mass is 402 g/mol. The highest BCUT2D eigenvalue weighted by Crippen LogP contribution is 2.54. The lowest BCUT2D eigenvalue weighted by molar-refractivity contribution is -0.133. The highest BCUT2D eigenvalue weighted by atomic mass is 16.2. The smallest absolute Gasteiger partial charge is 0.237 e. The molecule has 8 nitrogen and oxygen atoms in total. The van der Waals surface area contributed by atoms with E-state index in [4.69, 9.17) is 0 Å². The zero-order valence-corrected chi connectivity index (χ0v) is 16.4. The van der Waals surface area contributed by atoms with Crippen LogP contribution in [-0.2, 0) is 21.5 Å². The number of aryl methyl sites for hydroxylation is 1. The number of benzene rings is 1. The molecule has 3 aromatic rings. The number of rotatable bonds is 5. The number of carbonyl (C=O) groups excluding carboxylic acids is 2. The fourth-order valence-electron chi connectivity index (χ4n) is 4.84. The van der Waals surface area contributed by atoms with Crippen molar-refractivity contribution in [3.8, 4) is 0 Å². The highest BCUT2D eigenvalue weighted by molar-refractivity contribution is 6.07. The molecule has 1 aromatic carbocycles. The van der Waals surface area contributed by atoms with Crippen LogP contribution >= 0.6 is 0 Å². The second kappa shape index (κ2) is 7.37. The lowest BCUT2D eigenvalue weighted by atomic mass is 9.73. The molecular formula is C22H22N6O2. The molecule has 0 bridgehead atoms. The third-order valence-electron chi connectivity index (χ3n) is 6.15. The maximum absolute atomic E-state index is 13.3. The third kappa shape index (κ3) is 2.87. The molecular weight excluding hydrogens is 380 g/mol. The number of nitrogens with one attached hydrogen (secondary N) is 1. The van der Waals surface area contributed by atoms with Gasteiger partial charge in [-0.3, -0.25) is 19.3 Å². The SMILES string of the molecule is O=C(CCCn1cncn1)N1CCC2(C(=O)Nc3ccccc32)C1c1cccnc1. The molecule has 0 saturated carbocycles. The minimum atomic E-state index is -0.790. The van der Waals surface area contributed by atoms with Crippen molar-refractivity contribution in [1.82, 2.24) is 24.6 Å². The Bertz CT molecular complexity index is 1070. The molecule has 8 heteroatoms. The summed E-state index contributed by atoms with van der Waals surface area (Å²) in [5.41, 5.74) is 1.88. The molecule has 0 aliphatic carbocycles. The van der Waals surface area contributed by atoms with Gasteiger partial charge in [-0.2, -0.15) is 5.10 Å². The van der Waals surface area contributed by atoms with Crippen LogP contribution in [0.3, 0.4) is 0 Å². The maximum Gasteiger partial charge on any atom is 0.237 e. The summed E-state index contributed by atoms with van der Waals surface area (Å²) in [6.07, 6.45) is 8.24. The van der Waals surface area contributed by atoms with E-state index in [1.54, 1.807) is 23.4 Å². The molecule has 152 valence electrons. The minimum absolute atomic E-state index is 0.0398. The normalized spacial score (nSPS) is 22.3. The van der Waals surface area contributed by atoms with E-state index >= 15 is 0 Å². The summed E-state index contributed by atoms with van der Waals surface area (Å²) < 4.78 is 1.72. The number of anilines is 1. The molecule has 2 aromatic heterocycles. The van der Waals surface area contributed by atoms with Crippen LogP contribution in [0.15, 0.2) is 61.4 Å². The van der Waals surface area contributed by atoms with Crippen molar-refractivity contribution in [1.29, 1.82) is 0 Å². The van der Waals surface area contributed by atoms with Crippen LogP contribution in [0.1, 0.15) is 36.4 Å². The average Bonchev–Trinajstić information content (AvgIpc) is 3.49. The predicted octanol–water partition coefficient (Wildman–Crippen LogP) is 2.32. The van der Waals surface area contributed by atoms with Crippen LogP contribution in [0.5, 0.6) is 0 Å². The number of hydrogen-bond acceptors (Lipinski definition) is 5. The fourth-order valence-corrected chi connectivity index (χ4v) is 4.84. The van der Waals surface area contributed by atoms with Crippen molar-refractivity contribution in [2.24, 2.45) is 0 Å². The highest BCUT2D eigenvalue weighted by Gasteiger charge is 2.59. The van der Waals surface area contributed by atoms with Crippen LogP contribution in [0, 0.1) is 0 Å². The van der Waals surface area contributed by atoms with Gasteiger partial charge in [-0.05, 0) is 36.1 Å². The van der Waals surface area contributed by atoms with E-state index in [1.807, 2.05) is 41.3 Å². The van der Waals surface area contributed by atoms with Crippen molar-refractivity contribution in [3.05, 3.63) is 72.6 Å². The molecule has 1 fully saturated rings. The first kappa shape index (κ1) is 18.5. The molecule has 1 saturated heterocycles. The summed E-state index contributed by atoms with van der Waals surface area (Å²) in [6.45, 7) is 1.16. The number of pyridine rings is 1. The molecule has 1 spiro atoms. The van der Waals surface area contributed by atoms with Gasteiger partial charge >= 0.3 is 0 Å². The molecule has 0 radical (unpaired) electrons. The van der Waals surface area contributed by atoms with Crippen molar-refractivity contribution in [2.75, 3.05) is 11.9 Å². The summed E-state index contributed by atoms with van der Waals surface area (Å²) in [5, 5.41) is 7.12. The Morgan fingerprint density at radius 1 is 1.20 bits per heavy atom. The lowest BCUT2D eigenvalue weighted by Crippen LogP contribution is -2.42.